The van der Waals surface area contributed by atoms with E-state index in [1.807, 2.05) is 0 Å². The second-order valence-corrected chi connectivity index (χ2v) is 7.87. The smallest absolute Gasteiger partial charge is 0.224 e. The molecule has 3 aliphatic rings. The van der Waals surface area contributed by atoms with Gasteiger partial charge in [0.2, 0.25) is 5.91 Å². The molecule has 2 saturated carbocycles. The molecule has 0 bridgehead atoms. The second kappa shape index (κ2) is 5.94. The van der Waals surface area contributed by atoms with Gasteiger partial charge < -0.3 is 10.6 Å². The van der Waals surface area contributed by atoms with Gasteiger partial charge in [0.15, 0.2) is 0 Å². The number of hydrogen-bond acceptors (Lipinski definition) is 2. The first-order valence-electron chi connectivity index (χ1n) is 9.33. The third-order valence-electron chi connectivity index (χ3n) is 6.50. The van der Waals surface area contributed by atoms with Crippen molar-refractivity contribution in [2.24, 2.45) is 11.3 Å². The van der Waals surface area contributed by atoms with E-state index in [-0.39, 0.29) is 11.5 Å². The zero-order chi connectivity index (χ0) is 15.8. The fraction of sp³-hybridized carbons (Fsp3) is 0.650. The van der Waals surface area contributed by atoms with E-state index in [1.54, 1.807) is 0 Å². The first-order chi connectivity index (χ1) is 11.2. The van der Waals surface area contributed by atoms with Crippen molar-refractivity contribution < 1.29 is 4.79 Å². The number of piperidine rings is 1. The molecule has 1 heterocycles. The molecule has 4 rings (SSSR count). The molecule has 1 aromatic rings. The van der Waals surface area contributed by atoms with Gasteiger partial charge in [-0.2, -0.15) is 0 Å². The van der Waals surface area contributed by atoms with Gasteiger partial charge in [-0.15, -0.1) is 0 Å². The van der Waals surface area contributed by atoms with Crippen molar-refractivity contribution in [1.82, 2.24) is 10.6 Å². The van der Waals surface area contributed by atoms with Crippen molar-refractivity contribution in [3.8, 4) is 0 Å². The van der Waals surface area contributed by atoms with Crippen molar-refractivity contribution in [3.05, 3.63) is 35.9 Å². The first kappa shape index (κ1) is 15.2. The summed E-state index contributed by atoms with van der Waals surface area (Å²) in [7, 11) is 0. The predicted molar refractivity (Wildman–Crippen MR) is 92.0 cm³/mol. The molecule has 1 atom stereocenters. The molecule has 3 fully saturated rings. The van der Waals surface area contributed by atoms with Crippen molar-refractivity contribution in [2.75, 3.05) is 13.1 Å². The lowest BCUT2D eigenvalue weighted by molar-refractivity contribution is -0.125. The van der Waals surface area contributed by atoms with Crippen LogP contribution in [0, 0.1) is 11.3 Å². The Morgan fingerprint density at radius 1 is 1.00 bits per heavy atom. The number of benzene rings is 1. The number of carbonyl (C=O) groups is 1. The Bertz CT molecular complexity index is 556. The summed E-state index contributed by atoms with van der Waals surface area (Å²) in [5.41, 5.74) is 1.50. The highest BCUT2D eigenvalue weighted by molar-refractivity contribution is 5.83. The molecule has 1 aromatic carbocycles. The summed E-state index contributed by atoms with van der Waals surface area (Å²) in [5.74, 6) is 0.574. The predicted octanol–water partition coefficient (Wildman–Crippen LogP) is 3.35. The zero-order valence-electron chi connectivity index (χ0n) is 13.9. The second-order valence-electron chi connectivity index (χ2n) is 7.87. The lowest BCUT2D eigenvalue weighted by Crippen LogP contribution is -2.48. The van der Waals surface area contributed by atoms with Gasteiger partial charge in [0.05, 0.1) is 5.54 Å². The number of carbonyl (C=O) groups excluding carboxylic acids is 1. The summed E-state index contributed by atoms with van der Waals surface area (Å²) in [6.07, 6.45) is 9.35. The van der Waals surface area contributed by atoms with E-state index in [1.165, 1.54) is 37.7 Å². The minimum Gasteiger partial charge on any atom is -0.346 e. The summed E-state index contributed by atoms with van der Waals surface area (Å²) >= 11 is 0. The number of rotatable bonds is 3. The minimum absolute atomic E-state index is 0.118. The van der Waals surface area contributed by atoms with Gasteiger partial charge in [-0.25, -0.2) is 0 Å². The molecule has 0 radical (unpaired) electrons. The molecular weight excluding hydrogens is 284 g/mol. The first-order valence-corrected chi connectivity index (χ1v) is 9.33. The van der Waals surface area contributed by atoms with E-state index in [9.17, 15) is 4.79 Å². The molecule has 1 aliphatic heterocycles. The quantitative estimate of drug-likeness (QED) is 0.898. The zero-order valence-corrected chi connectivity index (χ0v) is 13.9. The van der Waals surface area contributed by atoms with Crippen LogP contribution in [-0.4, -0.2) is 19.0 Å². The van der Waals surface area contributed by atoms with Gasteiger partial charge in [0.25, 0.3) is 0 Å². The van der Waals surface area contributed by atoms with Crippen LogP contribution >= 0.6 is 0 Å². The molecule has 3 heteroatoms. The lowest BCUT2D eigenvalue weighted by atomic mass is 9.76. The van der Waals surface area contributed by atoms with Crippen LogP contribution in [0.15, 0.2) is 30.3 Å². The molecule has 124 valence electrons. The number of hydrogen-bond donors (Lipinski definition) is 2. The van der Waals surface area contributed by atoms with Gasteiger partial charge >= 0.3 is 0 Å². The Morgan fingerprint density at radius 3 is 2.39 bits per heavy atom. The van der Waals surface area contributed by atoms with Crippen LogP contribution in [0.4, 0.5) is 0 Å². The monoisotopic (exact) mass is 312 g/mol. The van der Waals surface area contributed by atoms with E-state index in [2.05, 4.69) is 41.0 Å². The van der Waals surface area contributed by atoms with E-state index in [0.717, 1.165) is 32.4 Å². The van der Waals surface area contributed by atoms with Crippen LogP contribution in [0.1, 0.15) is 56.9 Å². The van der Waals surface area contributed by atoms with E-state index in [0.29, 0.717) is 11.3 Å². The van der Waals surface area contributed by atoms with Crippen LogP contribution in [0.3, 0.4) is 0 Å². The highest BCUT2D eigenvalue weighted by atomic mass is 16.2. The van der Waals surface area contributed by atoms with Crippen molar-refractivity contribution in [3.63, 3.8) is 0 Å². The Morgan fingerprint density at radius 2 is 1.70 bits per heavy atom. The summed E-state index contributed by atoms with van der Waals surface area (Å²) in [6.45, 7) is 2.15. The summed E-state index contributed by atoms with van der Waals surface area (Å²) in [5, 5.41) is 6.95. The third-order valence-corrected chi connectivity index (χ3v) is 6.50. The lowest BCUT2D eigenvalue weighted by Gasteiger charge is -2.39. The average molecular weight is 312 g/mol. The van der Waals surface area contributed by atoms with Gasteiger partial charge in [0, 0.05) is 5.92 Å². The molecule has 1 saturated heterocycles. The Labute approximate surface area is 139 Å². The molecule has 23 heavy (non-hydrogen) atoms. The molecule has 2 N–H and O–H groups in total. The molecular formula is C20H28N2O. The van der Waals surface area contributed by atoms with Gasteiger partial charge in [-0.3, -0.25) is 4.79 Å². The van der Waals surface area contributed by atoms with Gasteiger partial charge in [-0.1, -0.05) is 49.6 Å². The van der Waals surface area contributed by atoms with E-state index in [4.69, 9.17) is 0 Å². The third kappa shape index (κ3) is 2.80. The van der Waals surface area contributed by atoms with Gasteiger partial charge in [0.1, 0.15) is 0 Å². The van der Waals surface area contributed by atoms with Crippen LogP contribution in [0.2, 0.25) is 0 Å². The summed E-state index contributed by atoms with van der Waals surface area (Å²) in [4.78, 5) is 13.0. The molecule has 0 aromatic heterocycles. The molecule has 1 spiro atoms. The summed E-state index contributed by atoms with van der Waals surface area (Å²) in [6, 6.07) is 10.6. The van der Waals surface area contributed by atoms with Crippen LogP contribution in [0.5, 0.6) is 0 Å². The van der Waals surface area contributed by atoms with Crippen LogP contribution in [0.25, 0.3) is 0 Å². The Kier molecular flexibility index (Phi) is 3.92. The van der Waals surface area contributed by atoms with Crippen LogP contribution < -0.4 is 10.6 Å². The average Bonchev–Trinajstić information content (AvgIpc) is 3.30. The van der Waals surface area contributed by atoms with Gasteiger partial charge in [-0.05, 0) is 56.2 Å². The normalized spacial score (nSPS) is 28.3. The molecule has 2 aliphatic carbocycles. The maximum atomic E-state index is 13.0. The Hall–Kier alpha value is -1.35. The minimum atomic E-state index is -0.118. The fourth-order valence-electron chi connectivity index (χ4n) is 4.92. The summed E-state index contributed by atoms with van der Waals surface area (Å²) < 4.78 is 0. The SMILES string of the molecule is O=C(NC1(c2ccccc2)CCCCC1)C1CC12CCNCC2. The fourth-order valence-corrected chi connectivity index (χ4v) is 4.92. The van der Waals surface area contributed by atoms with Crippen molar-refractivity contribution in [2.45, 2.75) is 56.9 Å². The van der Waals surface area contributed by atoms with E-state index < -0.39 is 0 Å². The van der Waals surface area contributed by atoms with Crippen molar-refractivity contribution >= 4 is 5.91 Å². The standard InChI is InChI=1S/C20H28N2O/c23-18(17-15-19(17)11-13-21-14-12-19)22-20(9-5-2-6-10-20)16-7-3-1-4-8-16/h1,3-4,7-8,17,21H,2,5-6,9-15H2,(H,22,23). The van der Waals surface area contributed by atoms with E-state index >= 15 is 0 Å². The highest BCUT2D eigenvalue weighted by Gasteiger charge is 2.58. The largest absolute Gasteiger partial charge is 0.346 e. The molecule has 1 unspecified atom stereocenters. The van der Waals surface area contributed by atoms with Crippen LogP contribution in [-0.2, 0) is 10.3 Å². The Balaban J connectivity index is 1.51. The number of amides is 1. The molecule has 3 nitrogen and oxygen atoms in total. The maximum absolute atomic E-state index is 13.0. The highest BCUT2D eigenvalue weighted by Crippen LogP contribution is 2.59. The maximum Gasteiger partial charge on any atom is 0.224 e. The molecule has 1 amide bonds. The topological polar surface area (TPSA) is 41.1 Å². The number of nitrogens with one attached hydrogen (secondary N) is 2. The van der Waals surface area contributed by atoms with Crippen molar-refractivity contribution in [1.29, 1.82) is 0 Å².